The van der Waals surface area contributed by atoms with Crippen molar-refractivity contribution in [3.05, 3.63) is 12.7 Å². The number of thioether (sulfide) groups is 1. The number of fused-ring (bicyclic) bond motifs is 1. The molecule has 3 heterocycles. The molecule has 1 aliphatic rings. The lowest BCUT2D eigenvalue weighted by Gasteiger charge is -2.30. The van der Waals surface area contributed by atoms with Crippen LogP contribution in [0.2, 0.25) is 0 Å². The van der Waals surface area contributed by atoms with Crippen LogP contribution < -0.4 is 16.4 Å². The van der Waals surface area contributed by atoms with Crippen molar-refractivity contribution >= 4 is 69.1 Å². The molecule has 1 aliphatic heterocycles. The number of ether oxygens (including phenoxy) is 1. The molecule has 66 heavy (non-hydrogen) atoms. The van der Waals surface area contributed by atoms with Gasteiger partial charge in [0, 0.05) is 30.7 Å². The number of aliphatic hydroxyl groups excluding tert-OH is 3. The highest BCUT2D eigenvalue weighted by atomic mass is 32.2. The number of aliphatic hydroxyl groups is 3. The molecule has 0 bridgehead atoms. The third kappa shape index (κ3) is 20.2. The minimum absolute atomic E-state index is 0.0276. The number of imidazole rings is 1. The van der Waals surface area contributed by atoms with Crippen LogP contribution in [0.4, 0.5) is 5.82 Å². The van der Waals surface area contributed by atoms with Crippen molar-refractivity contribution < 1.29 is 85.6 Å². The lowest BCUT2D eigenvalue weighted by atomic mass is 9.87. The predicted octanol–water partition coefficient (Wildman–Crippen LogP) is 3.12. The molecule has 11 N–H and O–H groups in total. The van der Waals surface area contributed by atoms with Gasteiger partial charge in [-0.05, 0) is 6.42 Å². The van der Waals surface area contributed by atoms with Crippen molar-refractivity contribution in [2.45, 2.75) is 147 Å². The average Bonchev–Trinajstić information content (AvgIpc) is 3.80. The first-order valence-electron chi connectivity index (χ1n) is 21.7. The van der Waals surface area contributed by atoms with Crippen molar-refractivity contribution in [2.24, 2.45) is 5.41 Å². The topological polar surface area (TPSA) is 384 Å². The van der Waals surface area contributed by atoms with E-state index in [1.807, 2.05) is 0 Å². The van der Waals surface area contributed by atoms with Gasteiger partial charge in [0.15, 0.2) is 17.7 Å². The van der Waals surface area contributed by atoms with Crippen LogP contribution in [0.1, 0.15) is 117 Å². The number of amides is 2. The number of hydrogen-bond donors (Lipinski definition) is 10. The molecule has 2 aromatic rings. The van der Waals surface area contributed by atoms with Gasteiger partial charge in [0.25, 0.3) is 0 Å². The molecule has 8 unspecified atom stereocenters. The summed E-state index contributed by atoms with van der Waals surface area (Å²) in [4.78, 5) is 88.4. The Morgan fingerprint density at radius 3 is 2.12 bits per heavy atom. The van der Waals surface area contributed by atoms with Gasteiger partial charge in [0.2, 0.25) is 16.9 Å². The van der Waals surface area contributed by atoms with Gasteiger partial charge in [-0.3, -0.25) is 32.5 Å². The van der Waals surface area contributed by atoms with Gasteiger partial charge in [-0.2, -0.15) is 4.31 Å². The van der Waals surface area contributed by atoms with Crippen LogP contribution in [0.3, 0.4) is 0 Å². The van der Waals surface area contributed by atoms with E-state index in [-0.39, 0.29) is 47.4 Å². The summed E-state index contributed by atoms with van der Waals surface area (Å²) < 4.78 is 62.4. The smallest absolute Gasteiger partial charge is 0.386 e. The molecule has 1 saturated heterocycles. The number of phosphoric acid groups is 3. The fourth-order valence-corrected chi connectivity index (χ4v) is 10.2. The maximum absolute atomic E-state index is 12.7. The van der Waals surface area contributed by atoms with E-state index >= 15 is 0 Å². The lowest BCUT2D eigenvalue weighted by molar-refractivity contribution is -0.137. The largest absolute Gasteiger partial charge is 0.481 e. The maximum atomic E-state index is 12.7. The van der Waals surface area contributed by atoms with E-state index in [1.54, 1.807) is 0 Å². The second-order valence-corrected chi connectivity index (χ2v) is 21.8. The average molecular weight is 1020 g/mol. The van der Waals surface area contributed by atoms with E-state index in [0.29, 0.717) is 6.42 Å². The molecule has 0 saturated carbocycles. The molecule has 1 fully saturated rings. The summed E-state index contributed by atoms with van der Waals surface area (Å²) in [7, 11) is -16.4. The van der Waals surface area contributed by atoms with Crippen LogP contribution in [0.25, 0.3) is 11.2 Å². The van der Waals surface area contributed by atoms with Crippen LogP contribution in [-0.4, -0.2) is 134 Å². The fourth-order valence-electron chi connectivity index (χ4n) is 6.67. The number of phosphoric ester groups is 3. The first kappa shape index (κ1) is 57.8. The van der Waals surface area contributed by atoms with Crippen molar-refractivity contribution in [1.29, 1.82) is 0 Å². The number of nitrogen functional groups attached to an aromatic ring is 1. The van der Waals surface area contributed by atoms with E-state index < -0.39 is 90.7 Å². The first-order valence-corrected chi connectivity index (χ1v) is 27.2. The Bertz CT molecular complexity index is 2000. The highest BCUT2D eigenvalue weighted by Crippen LogP contribution is 2.61. The molecular formula is C37H66N7O18P3S. The number of nitrogens with two attached hydrogens (primary N) is 1. The summed E-state index contributed by atoms with van der Waals surface area (Å²) in [6.07, 6.45) is 6.45. The first-order chi connectivity index (χ1) is 31.0. The highest BCUT2D eigenvalue weighted by molar-refractivity contribution is 8.13. The zero-order valence-electron chi connectivity index (χ0n) is 37.3. The van der Waals surface area contributed by atoms with Crippen molar-refractivity contribution in [3.63, 3.8) is 0 Å². The Balaban J connectivity index is 1.34. The maximum Gasteiger partial charge on any atom is 0.481 e. The van der Waals surface area contributed by atoms with Gasteiger partial charge >= 0.3 is 23.5 Å². The number of nitrogens with zero attached hydrogens (tertiary/aromatic N) is 4. The number of hydrogen-bond acceptors (Lipinski definition) is 19. The molecule has 0 aliphatic carbocycles. The van der Waals surface area contributed by atoms with Crippen LogP contribution in [0.5, 0.6) is 0 Å². The molecule has 0 aromatic carbocycles. The zero-order valence-corrected chi connectivity index (χ0v) is 40.8. The minimum atomic E-state index is -5.59. The molecule has 0 radical (unpaired) electrons. The monoisotopic (exact) mass is 1020 g/mol. The normalized spacial score (nSPS) is 20.7. The number of carbonyl (C=O) groups is 3. The van der Waals surface area contributed by atoms with Crippen LogP contribution in [-0.2, 0) is 50.7 Å². The third-order valence-corrected chi connectivity index (χ3v) is 14.4. The van der Waals surface area contributed by atoms with E-state index in [2.05, 4.69) is 41.3 Å². The Hall–Kier alpha value is -2.48. The lowest BCUT2D eigenvalue weighted by Crippen LogP contribution is -2.46. The van der Waals surface area contributed by atoms with Crippen molar-refractivity contribution in [3.8, 4) is 0 Å². The van der Waals surface area contributed by atoms with Gasteiger partial charge in [-0.25, -0.2) is 28.6 Å². The second-order valence-electron chi connectivity index (χ2n) is 16.4. The van der Waals surface area contributed by atoms with Gasteiger partial charge in [-0.1, -0.05) is 110 Å². The number of unbranched alkanes of at least 4 members (excludes halogenated alkanes) is 11. The molecule has 3 rings (SSSR count). The highest BCUT2D eigenvalue weighted by Gasteiger charge is 2.50. The Kier molecular flexibility index (Phi) is 24.2. The van der Waals surface area contributed by atoms with E-state index in [4.69, 9.17) is 19.5 Å². The quantitative estimate of drug-likeness (QED) is 0.0362. The molecule has 25 nitrogen and oxygen atoms in total. The third-order valence-electron chi connectivity index (χ3n) is 10.3. The van der Waals surface area contributed by atoms with Crippen molar-refractivity contribution in [1.82, 2.24) is 30.2 Å². The standard InChI is InChI=1S/C37H66N7O18P3S/c1-4-5-6-7-8-9-10-11-12-13-14-15-16-25(45)36(50)66-20-19-39-27(46)17-18-40-34(49)31(48)37(2,3)22-59-65(56,57)62-64(54,55)58-21-26-30(61-63(51,52)53)29(47)35(60-26)44-24-43-28-32(38)41-23-42-33(28)44/h23-26,29-31,35,45,47-48H,4-22H2,1-3H3,(H,39,46)(H,40,49)(H,54,55)(H,56,57)(H2,38,41,42)(H2,51,52,53). The number of anilines is 1. The SMILES string of the molecule is CCCCCCCCCCCCCCC(O)C(=O)SCCNC(=O)CCNC(=O)C(O)C(C)(C)COP(=O)(O)OP(=O)(O)OCC1OC(n2cnc3c(N)ncnc32)C(O)C1OP(=O)(O)O. The minimum Gasteiger partial charge on any atom is -0.386 e. The molecule has 2 amide bonds. The van der Waals surface area contributed by atoms with E-state index in [9.17, 15) is 63.0 Å². The van der Waals surface area contributed by atoms with E-state index in [0.717, 1.165) is 54.7 Å². The second kappa shape index (κ2) is 27.6. The van der Waals surface area contributed by atoms with E-state index in [1.165, 1.54) is 65.2 Å². The number of carbonyl (C=O) groups excluding carboxylic acids is 3. The number of rotatable bonds is 33. The van der Waals surface area contributed by atoms with Gasteiger partial charge in [0.05, 0.1) is 19.5 Å². The fraction of sp³-hybridized carbons (Fsp3) is 0.784. The molecule has 0 spiro atoms. The summed E-state index contributed by atoms with van der Waals surface area (Å²) in [5.74, 6) is -1.29. The summed E-state index contributed by atoms with van der Waals surface area (Å²) in [6, 6.07) is 0. The number of nitrogens with one attached hydrogen (secondary N) is 2. The van der Waals surface area contributed by atoms with Crippen molar-refractivity contribution in [2.75, 3.05) is 37.8 Å². The molecule has 378 valence electrons. The summed E-state index contributed by atoms with van der Waals surface area (Å²) in [5, 5.41) is 36.3. The van der Waals surface area contributed by atoms with Gasteiger partial charge in [-0.15, -0.1) is 0 Å². The summed E-state index contributed by atoms with van der Waals surface area (Å²) >= 11 is 0.913. The molecular weight excluding hydrogens is 955 g/mol. The van der Waals surface area contributed by atoms with Crippen LogP contribution in [0, 0.1) is 5.41 Å². The molecule has 8 atom stereocenters. The molecule has 2 aromatic heterocycles. The zero-order chi connectivity index (χ0) is 49.1. The summed E-state index contributed by atoms with van der Waals surface area (Å²) in [6.45, 7) is 2.57. The Morgan fingerprint density at radius 2 is 1.50 bits per heavy atom. The van der Waals surface area contributed by atoms with Crippen LogP contribution in [0.15, 0.2) is 12.7 Å². The Morgan fingerprint density at radius 1 is 0.894 bits per heavy atom. The predicted molar refractivity (Wildman–Crippen MR) is 239 cm³/mol. The summed E-state index contributed by atoms with van der Waals surface area (Å²) in [5.41, 5.74) is 4.25. The van der Waals surface area contributed by atoms with Crippen LogP contribution >= 0.6 is 35.2 Å². The van der Waals surface area contributed by atoms with Gasteiger partial charge < -0.3 is 56.0 Å². The Labute approximate surface area is 387 Å². The van der Waals surface area contributed by atoms with Gasteiger partial charge in [0.1, 0.15) is 42.4 Å². The molecule has 29 heteroatoms. The number of aromatic nitrogens is 4.